The molecule has 2 aliphatic rings. The number of sulfonamides is 1. The van der Waals surface area contributed by atoms with Crippen LogP contribution in [0.1, 0.15) is 23.4 Å². The summed E-state index contributed by atoms with van der Waals surface area (Å²) in [6.07, 6.45) is 4.39. The van der Waals surface area contributed by atoms with Crippen LogP contribution in [-0.2, 0) is 26.0 Å². The van der Waals surface area contributed by atoms with E-state index in [1.807, 2.05) is 24.3 Å². The summed E-state index contributed by atoms with van der Waals surface area (Å²) < 4.78 is 32.2. The number of amides is 2. The number of para-hydroxylation sites is 1. The first-order chi connectivity index (χ1) is 15.3. The number of carbonyl (C=O) groups is 2. The number of rotatable bonds is 4. The van der Waals surface area contributed by atoms with Crippen molar-refractivity contribution in [2.45, 2.75) is 31.6 Å². The Morgan fingerprint density at radius 1 is 1.00 bits per heavy atom. The fraction of sp³-hybridized carbons (Fsp3) is 0.409. The van der Waals surface area contributed by atoms with Gasteiger partial charge in [0.25, 0.3) is 5.91 Å². The van der Waals surface area contributed by atoms with Crippen LogP contribution in [0.25, 0.3) is 0 Å². The number of hydrogen-bond donors (Lipinski definition) is 0. The van der Waals surface area contributed by atoms with Crippen molar-refractivity contribution in [1.29, 1.82) is 0 Å². The van der Waals surface area contributed by atoms with Crippen molar-refractivity contribution in [2.75, 3.05) is 37.6 Å². The monoisotopic (exact) mass is 458 g/mol. The third-order valence-electron chi connectivity index (χ3n) is 5.86. The van der Waals surface area contributed by atoms with Crippen molar-refractivity contribution >= 4 is 27.5 Å². The number of carbonyl (C=O) groups excluding carboxylic acids is 2. The van der Waals surface area contributed by atoms with Gasteiger partial charge in [0.2, 0.25) is 15.9 Å². The molecule has 0 unspecified atom stereocenters. The average molecular weight is 459 g/mol. The number of aromatic nitrogens is 1. The van der Waals surface area contributed by atoms with Gasteiger partial charge in [-0.1, -0.05) is 23.4 Å². The number of aryl methyl sites for hydroxylation is 3. The molecule has 1 aromatic carbocycles. The Balaban J connectivity index is 1.37. The van der Waals surface area contributed by atoms with Gasteiger partial charge >= 0.3 is 0 Å². The largest absolute Gasteiger partial charge is 0.360 e. The van der Waals surface area contributed by atoms with E-state index >= 15 is 0 Å². The molecule has 2 aromatic rings. The van der Waals surface area contributed by atoms with E-state index in [1.165, 1.54) is 16.5 Å². The molecule has 9 nitrogen and oxygen atoms in total. The number of hydrogen-bond acceptors (Lipinski definition) is 6. The molecule has 4 rings (SSSR count). The van der Waals surface area contributed by atoms with Gasteiger partial charge in [-0.25, -0.2) is 8.42 Å². The Labute approximate surface area is 187 Å². The Morgan fingerprint density at radius 3 is 2.38 bits per heavy atom. The zero-order valence-corrected chi connectivity index (χ0v) is 19.0. The van der Waals surface area contributed by atoms with E-state index < -0.39 is 10.0 Å². The maximum absolute atomic E-state index is 12.9. The normalized spacial score (nSPS) is 17.6. The van der Waals surface area contributed by atoms with Crippen molar-refractivity contribution in [1.82, 2.24) is 14.4 Å². The minimum atomic E-state index is -3.74. The van der Waals surface area contributed by atoms with E-state index in [4.69, 9.17) is 4.52 Å². The molecule has 10 heteroatoms. The van der Waals surface area contributed by atoms with Gasteiger partial charge in [-0.15, -0.1) is 0 Å². The van der Waals surface area contributed by atoms with Gasteiger partial charge < -0.3 is 14.3 Å². The number of benzene rings is 1. The number of anilines is 1. The van der Waals surface area contributed by atoms with E-state index in [2.05, 4.69) is 5.16 Å². The maximum Gasteiger partial charge on any atom is 0.251 e. The maximum atomic E-state index is 12.9. The van der Waals surface area contributed by atoms with Gasteiger partial charge in [0.05, 0.1) is 0 Å². The zero-order valence-electron chi connectivity index (χ0n) is 18.2. The predicted molar refractivity (Wildman–Crippen MR) is 118 cm³/mol. The van der Waals surface area contributed by atoms with Crippen LogP contribution in [0.3, 0.4) is 0 Å². The summed E-state index contributed by atoms with van der Waals surface area (Å²) in [5.74, 6) is -0.287. The topological polar surface area (TPSA) is 104 Å². The first-order valence-corrected chi connectivity index (χ1v) is 12.0. The molecule has 1 aromatic heterocycles. The molecule has 170 valence electrons. The van der Waals surface area contributed by atoms with Crippen LogP contribution in [0.4, 0.5) is 5.69 Å². The van der Waals surface area contributed by atoms with Gasteiger partial charge in [0.15, 0.2) is 5.76 Å². The lowest BCUT2D eigenvalue weighted by Gasteiger charge is -2.33. The van der Waals surface area contributed by atoms with Crippen LogP contribution in [0.15, 0.2) is 45.8 Å². The lowest BCUT2D eigenvalue weighted by atomic mass is 10.0. The molecule has 0 spiro atoms. The van der Waals surface area contributed by atoms with Gasteiger partial charge in [0, 0.05) is 50.6 Å². The zero-order chi connectivity index (χ0) is 22.9. The average Bonchev–Trinajstić information content (AvgIpc) is 3.15. The molecule has 0 aliphatic carbocycles. The van der Waals surface area contributed by atoms with E-state index in [0.29, 0.717) is 12.2 Å². The van der Waals surface area contributed by atoms with E-state index in [1.54, 1.807) is 23.6 Å². The van der Waals surface area contributed by atoms with Crippen molar-refractivity contribution in [3.63, 3.8) is 0 Å². The summed E-state index contributed by atoms with van der Waals surface area (Å²) in [5, 5.41) is 3.72. The summed E-state index contributed by atoms with van der Waals surface area (Å²) in [6.45, 7) is 4.59. The van der Waals surface area contributed by atoms with Crippen molar-refractivity contribution in [3.05, 3.63) is 53.4 Å². The fourth-order valence-corrected chi connectivity index (χ4v) is 5.93. The lowest BCUT2D eigenvalue weighted by Crippen LogP contribution is -2.50. The number of fused-ring (bicyclic) bond motifs is 1. The fourth-order valence-electron chi connectivity index (χ4n) is 4.22. The molecule has 2 amide bonds. The third kappa shape index (κ3) is 4.20. The second-order valence-corrected chi connectivity index (χ2v) is 9.81. The predicted octanol–water partition coefficient (Wildman–Crippen LogP) is 1.66. The molecule has 1 fully saturated rings. The highest BCUT2D eigenvalue weighted by molar-refractivity contribution is 7.89. The summed E-state index contributed by atoms with van der Waals surface area (Å²) in [5.41, 5.74) is 2.34. The molecule has 0 N–H and O–H groups in total. The minimum absolute atomic E-state index is 0.0876. The van der Waals surface area contributed by atoms with Gasteiger partial charge in [-0.05, 0) is 38.3 Å². The van der Waals surface area contributed by atoms with E-state index in [9.17, 15) is 18.0 Å². The first kappa shape index (κ1) is 22.2. The van der Waals surface area contributed by atoms with Crippen molar-refractivity contribution < 1.29 is 22.5 Å². The second kappa shape index (κ2) is 8.87. The van der Waals surface area contributed by atoms with Crippen LogP contribution in [0.2, 0.25) is 0 Å². The Bertz CT molecular complexity index is 1140. The number of piperazine rings is 1. The molecule has 2 aliphatic heterocycles. The van der Waals surface area contributed by atoms with Crippen molar-refractivity contribution in [2.24, 2.45) is 0 Å². The molecule has 32 heavy (non-hydrogen) atoms. The van der Waals surface area contributed by atoms with Crippen LogP contribution < -0.4 is 4.90 Å². The Kier molecular flexibility index (Phi) is 6.16. The summed E-state index contributed by atoms with van der Waals surface area (Å²) >= 11 is 0. The molecule has 0 radical (unpaired) electrons. The highest BCUT2D eigenvalue weighted by atomic mass is 32.2. The Morgan fingerprint density at radius 2 is 1.69 bits per heavy atom. The van der Waals surface area contributed by atoms with E-state index in [-0.39, 0.29) is 48.6 Å². The summed E-state index contributed by atoms with van der Waals surface area (Å²) in [7, 11) is -3.74. The first-order valence-electron chi connectivity index (χ1n) is 10.6. The Hall–Kier alpha value is -2.98. The van der Waals surface area contributed by atoms with Gasteiger partial charge in [0.1, 0.15) is 10.6 Å². The lowest BCUT2D eigenvalue weighted by molar-refractivity contribution is -0.127. The van der Waals surface area contributed by atoms with Gasteiger partial charge in [-0.3, -0.25) is 9.59 Å². The minimum Gasteiger partial charge on any atom is -0.360 e. The summed E-state index contributed by atoms with van der Waals surface area (Å²) in [4.78, 5) is 28.6. The van der Waals surface area contributed by atoms with Gasteiger partial charge in [-0.2, -0.15) is 4.31 Å². The highest BCUT2D eigenvalue weighted by Crippen LogP contribution is 2.27. The third-order valence-corrected chi connectivity index (χ3v) is 8.00. The van der Waals surface area contributed by atoms with Crippen LogP contribution in [-0.4, -0.2) is 67.3 Å². The second-order valence-electron chi connectivity index (χ2n) is 7.94. The van der Waals surface area contributed by atoms with Crippen LogP contribution >= 0.6 is 0 Å². The molecule has 3 heterocycles. The molecular formula is C22H26N4O5S. The molecule has 0 bridgehead atoms. The van der Waals surface area contributed by atoms with Crippen molar-refractivity contribution in [3.8, 4) is 0 Å². The number of nitrogens with zero attached hydrogens (tertiary/aromatic N) is 4. The quantitative estimate of drug-likeness (QED) is 0.646. The molecular weight excluding hydrogens is 432 g/mol. The smallest absolute Gasteiger partial charge is 0.251 e. The molecule has 0 saturated carbocycles. The van der Waals surface area contributed by atoms with Crippen LogP contribution in [0, 0.1) is 13.8 Å². The molecule has 0 atom stereocenters. The summed E-state index contributed by atoms with van der Waals surface area (Å²) in [6, 6.07) is 7.79. The van der Waals surface area contributed by atoms with Crippen LogP contribution in [0.5, 0.6) is 0 Å². The van der Waals surface area contributed by atoms with E-state index in [0.717, 1.165) is 24.1 Å². The highest BCUT2D eigenvalue weighted by Gasteiger charge is 2.34. The molecule has 1 saturated heterocycles. The SMILES string of the molecule is Cc1noc(C)c1S(=O)(=O)N1CCN(C(=O)C=CC(=O)N2CCCc3ccccc32)CC1. The standard InChI is InChI=1S/C22H26N4O5S/c1-16-22(17(2)31-23-16)32(29,30)25-14-12-24(13-15-25)20(27)9-10-21(28)26-11-5-7-18-6-3-4-8-19(18)26/h3-4,6,8-10H,5,7,11-15H2,1-2H3.